The molecule has 6 nitrogen and oxygen atoms in total. The molecule has 0 aliphatic carbocycles. The van der Waals surface area contributed by atoms with E-state index in [4.69, 9.17) is 11.6 Å². The lowest BCUT2D eigenvalue weighted by Crippen LogP contribution is -2.35. The fourth-order valence-electron chi connectivity index (χ4n) is 5.20. The smallest absolute Gasteiger partial charge is 0.279 e. The Morgan fingerprint density at radius 1 is 0.882 bits per heavy atom. The van der Waals surface area contributed by atoms with Gasteiger partial charge in [0.1, 0.15) is 5.82 Å². The summed E-state index contributed by atoms with van der Waals surface area (Å²) in [5.41, 5.74) is 2.59. The Morgan fingerprint density at radius 2 is 1.68 bits per heavy atom. The zero-order chi connectivity index (χ0) is 23.1. The number of anilines is 1. The average Bonchev–Trinajstić information content (AvgIpc) is 3.57. The van der Waals surface area contributed by atoms with Crippen LogP contribution >= 0.6 is 11.6 Å². The summed E-state index contributed by atoms with van der Waals surface area (Å²) in [6.07, 6.45) is 7.32. The third-order valence-corrected chi connectivity index (χ3v) is 7.34. The molecule has 1 atom stereocenters. The van der Waals surface area contributed by atoms with Gasteiger partial charge in [0.25, 0.3) is 5.56 Å². The minimum absolute atomic E-state index is 0.148. The van der Waals surface area contributed by atoms with E-state index >= 15 is 0 Å². The number of pyridine rings is 1. The normalized spacial score (nSPS) is 18.7. The molecule has 2 aliphatic heterocycles. The summed E-state index contributed by atoms with van der Waals surface area (Å²) < 4.78 is 1.43. The number of hydrogen-bond donors (Lipinski definition) is 0. The highest BCUT2D eigenvalue weighted by molar-refractivity contribution is 6.30. The first-order valence-electron chi connectivity index (χ1n) is 11.9. The van der Waals surface area contributed by atoms with Gasteiger partial charge in [-0.3, -0.25) is 9.69 Å². The number of halogens is 1. The average molecular weight is 472 g/mol. The second-order valence-electron chi connectivity index (χ2n) is 9.18. The number of benzene rings is 2. The molecule has 172 valence electrons. The SMILES string of the molecule is O=c1c2ccc(-c3ccc(Cl)cc3)cc2cnn1-c1ccc(N2CC[C@H](N3CCCC3)C2)nc1. The maximum Gasteiger partial charge on any atom is 0.279 e. The van der Waals surface area contributed by atoms with Gasteiger partial charge in [-0.1, -0.05) is 29.8 Å². The van der Waals surface area contributed by atoms with Gasteiger partial charge in [-0.25, -0.2) is 4.98 Å². The molecule has 0 amide bonds. The highest BCUT2D eigenvalue weighted by atomic mass is 35.5. The van der Waals surface area contributed by atoms with Crippen LogP contribution in [0.1, 0.15) is 19.3 Å². The third-order valence-electron chi connectivity index (χ3n) is 7.09. The van der Waals surface area contributed by atoms with E-state index in [2.05, 4.69) is 19.9 Å². The van der Waals surface area contributed by atoms with Crippen LogP contribution in [-0.2, 0) is 0 Å². The molecule has 7 heteroatoms. The molecule has 34 heavy (non-hydrogen) atoms. The van der Waals surface area contributed by atoms with Gasteiger partial charge in [-0.2, -0.15) is 9.78 Å². The molecular weight excluding hydrogens is 446 g/mol. The van der Waals surface area contributed by atoms with Crippen LogP contribution in [0.4, 0.5) is 5.82 Å². The second-order valence-corrected chi connectivity index (χ2v) is 9.61. The van der Waals surface area contributed by atoms with Crippen LogP contribution in [-0.4, -0.2) is 51.9 Å². The van der Waals surface area contributed by atoms with E-state index in [0.717, 1.165) is 35.4 Å². The Morgan fingerprint density at radius 3 is 2.44 bits per heavy atom. The summed E-state index contributed by atoms with van der Waals surface area (Å²) in [5, 5.41) is 6.58. The van der Waals surface area contributed by atoms with Gasteiger partial charge in [-0.05, 0) is 79.9 Å². The maximum atomic E-state index is 13.2. The Bertz CT molecular complexity index is 1380. The quantitative estimate of drug-likeness (QED) is 0.429. The lowest BCUT2D eigenvalue weighted by Gasteiger charge is -2.24. The molecule has 0 spiro atoms. The fourth-order valence-corrected chi connectivity index (χ4v) is 5.33. The molecule has 4 heterocycles. The minimum atomic E-state index is -0.148. The van der Waals surface area contributed by atoms with Crippen molar-refractivity contribution in [3.63, 3.8) is 0 Å². The van der Waals surface area contributed by atoms with E-state index < -0.39 is 0 Å². The Balaban J connectivity index is 1.24. The monoisotopic (exact) mass is 471 g/mol. The molecule has 0 saturated carbocycles. The topological polar surface area (TPSA) is 54.3 Å². The van der Waals surface area contributed by atoms with Crippen LogP contribution in [0.25, 0.3) is 27.6 Å². The highest BCUT2D eigenvalue weighted by Gasteiger charge is 2.29. The van der Waals surface area contributed by atoms with Crippen molar-refractivity contribution in [1.29, 1.82) is 0 Å². The second kappa shape index (κ2) is 8.85. The van der Waals surface area contributed by atoms with Crippen molar-refractivity contribution in [1.82, 2.24) is 19.7 Å². The first-order valence-corrected chi connectivity index (χ1v) is 12.3. The predicted molar refractivity (Wildman–Crippen MR) is 137 cm³/mol. The molecule has 2 aliphatic rings. The zero-order valence-corrected chi connectivity index (χ0v) is 19.7. The molecule has 0 bridgehead atoms. The summed E-state index contributed by atoms with van der Waals surface area (Å²) in [4.78, 5) is 22.8. The minimum Gasteiger partial charge on any atom is -0.355 e. The van der Waals surface area contributed by atoms with Crippen molar-refractivity contribution >= 4 is 28.2 Å². The molecule has 2 saturated heterocycles. The third kappa shape index (κ3) is 3.97. The molecule has 2 fully saturated rings. The van der Waals surface area contributed by atoms with Crippen molar-refractivity contribution in [2.75, 3.05) is 31.1 Å². The van der Waals surface area contributed by atoms with Gasteiger partial charge >= 0.3 is 0 Å². The van der Waals surface area contributed by atoms with Crippen molar-refractivity contribution < 1.29 is 0 Å². The lowest BCUT2D eigenvalue weighted by molar-refractivity contribution is 0.260. The summed E-state index contributed by atoms with van der Waals surface area (Å²) in [6, 6.07) is 18.1. The van der Waals surface area contributed by atoms with Crippen molar-refractivity contribution in [2.45, 2.75) is 25.3 Å². The van der Waals surface area contributed by atoms with Crippen LogP contribution in [0.2, 0.25) is 5.02 Å². The predicted octanol–water partition coefficient (Wildman–Crippen LogP) is 4.78. The van der Waals surface area contributed by atoms with E-state index in [1.807, 2.05) is 54.6 Å². The molecule has 0 radical (unpaired) electrons. The number of rotatable bonds is 4. The van der Waals surface area contributed by atoms with Gasteiger partial charge < -0.3 is 4.90 Å². The molecule has 0 unspecified atom stereocenters. The summed E-state index contributed by atoms with van der Waals surface area (Å²) in [5.74, 6) is 0.965. The highest BCUT2D eigenvalue weighted by Crippen LogP contribution is 2.26. The van der Waals surface area contributed by atoms with Gasteiger partial charge in [0, 0.05) is 29.5 Å². The number of hydrogen-bond acceptors (Lipinski definition) is 5. The van der Waals surface area contributed by atoms with Gasteiger partial charge in [-0.15, -0.1) is 0 Å². The Labute approximate surface area is 203 Å². The fraction of sp³-hybridized carbons (Fsp3) is 0.296. The van der Waals surface area contributed by atoms with E-state index in [9.17, 15) is 4.79 Å². The largest absolute Gasteiger partial charge is 0.355 e. The van der Waals surface area contributed by atoms with Gasteiger partial charge in [0.15, 0.2) is 0 Å². The molecule has 4 aromatic rings. The number of fused-ring (bicyclic) bond motifs is 1. The van der Waals surface area contributed by atoms with E-state index in [-0.39, 0.29) is 5.56 Å². The number of aromatic nitrogens is 3. The van der Waals surface area contributed by atoms with Gasteiger partial charge in [0.2, 0.25) is 0 Å². The van der Waals surface area contributed by atoms with Crippen molar-refractivity contribution in [3.05, 3.63) is 82.4 Å². The first-order chi connectivity index (χ1) is 16.7. The van der Waals surface area contributed by atoms with Crippen LogP contribution in [0, 0.1) is 0 Å². The van der Waals surface area contributed by atoms with Crippen molar-refractivity contribution in [3.8, 4) is 16.8 Å². The molecule has 2 aromatic heterocycles. The Kier molecular flexibility index (Phi) is 5.55. The van der Waals surface area contributed by atoms with E-state index in [0.29, 0.717) is 22.1 Å². The zero-order valence-electron chi connectivity index (χ0n) is 18.9. The molecule has 6 rings (SSSR count). The Hall–Kier alpha value is -3.22. The summed E-state index contributed by atoms with van der Waals surface area (Å²) >= 11 is 6.01. The summed E-state index contributed by atoms with van der Waals surface area (Å²) in [6.45, 7) is 4.50. The van der Waals surface area contributed by atoms with Crippen LogP contribution in [0.15, 0.2) is 71.8 Å². The van der Waals surface area contributed by atoms with Crippen LogP contribution in [0.3, 0.4) is 0 Å². The first kappa shape index (κ1) is 21.3. The lowest BCUT2D eigenvalue weighted by atomic mass is 10.0. The standard InChI is InChI=1S/C27H26ClN5O/c28-22-6-3-19(4-7-22)20-5-9-25-21(15-20)16-30-33(27(25)34)23-8-10-26(29-17-23)32-14-11-24(18-32)31-12-1-2-13-31/h3-10,15-17,24H,1-2,11-14,18H2/t24-/m0/s1. The molecular formula is C27H26ClN5O. The summed E-state index contributed by atoms with van der Waals surface area (Å²) in [7, 11) is 0. The number of likely N-dealkylation sites (tertiary alicyclic amines) is 1. The van der Waals surface area contributed by atoms with Crippen LogP contribution < -0.4 is 10.5 Å². The maximum absolute atomic E-state index is 13.2. The van der Waals surface area contributed by atoms with E-state index in [1.54, 1.807) is 12.4 Å². The molecule has 2 aromatic carbocycles. The van der Waals surface area contributed by atoms with Gasteiger partial charge in [0.05, 0.1) is 23.5 Å². The van der Waals surface area contributed by atoms with Crippen LogP contribution in [0.5, 0.6) is 0 Å². The van der Waals surface area contributed by atoms with E-state index in [1.165, 1.54) is 37.0 Å². The van der Waals surface area contributed by atoms with Crippen molar-refractivity contribution in [2.24, 2.45) is 0 Å². The molecule has 0 N–H and O–H groups in total. The number of nitrogens with zero attached hydrogens (tertiary/aromatic N) is 5.